The third-order valence-corrected chi connectivity index (χ3v) is 3.74. The second-order valence-corrected chi connectivity index (χ2v) is 4.96. The van der Waals surface area contributed by atoms with Crippen molar-refractivity contribution in [1.82, 2.24) is 24.9 Å². The van der Waals surface area contributed by atoms with Gasteiger partial charge in [0.1, 0.15) is 0 Å². The highest BCUT2D eigenvalue weighted by Gasteiger charge is 2.16. The summed E-state index contributed by atoms with van der Waals surface area (Å²) in [7, 11) is 1.96. The van der Waals surface area contributed by atoms with E-state index in [0.29, 0.717) is 0 Å². The average molecular weight is 259 g/mol. The first kappa shape index (κ1) is 11.3. The highest BCUT2D eigenvalue weighted by Crippen LogP contribution is 2.22. The SMILES string of the molecule is CNC(Cc1nccs1)c1cnn2ccncc12. The van der Waals surface area contributed by atoms with E-state index in [4.69, 9.17) is 0 Å². The maximum Gasteiger partial charge on any atom is 0.0943 e. The third-order valence-electron chi connectivity index (χ3n) is 2.94. The molecule has 0 spiro atoms. The van der Waals surface area contributed by atoms with Crippen molar-refractivity contribution in [3.63, 3.8) is 0 Å². The molecule has 0 radical (unpaired) electrons. The molecule has 3 aromatic heterocycles. The number of nitrogens with zero attached hydrogens (tertiary/aromatic N) is 4. The molecule has 5 nitrogen and oxygen atoms in total. The Hall–Kier alpha value is -1.79. The minimum absolute atomic E-state index is 0.206. The smallest absolute Gasteiger partial charge is 0.0943 e. The molecule has 1 atom stereocenters. The molecule has 0 amide bonds. The molecule has 6 heteroatoms. The van der Waals surface area contributed by atoms with Crippen molar-refractivity contribution >= 4 is 16.9 Å². The Bertz CT molecular complexity index is 631. The van der Waals surface area contributed by atoms with E-state index in [1.165, 1.54) is 0 Å². The molecule has 1 N–H and O–H groups in total. The number of rotatable bonds is 4. The molecule has 3 heterocycles. The Labute approximate surface area is 109 Å². The fraction of sp³-hybridized carbons (Fsp3) is 0.250. The highest BCUT2D eigenvalue weighted by atomic mass is 32.1. The normalized spacial score (nSPS) is 12.9. The van der Waals surface area contributed by atoms with Gasteiger partial charge in [-0.2, -0.15) is 5.10 Å². The van der Waals surface area contributed by atoms with Crippen LogP contribution in [-0.2, 0) is 6.42 Å². The van der Waals surface area contributed by atoms with Crippen molar-refractivity contribution in [1.29, 1.82) is 0 Å². The summed E-state index contributed by atoms with van der Waals surface area (Å²) in [6.45, 7) is 0. The lowest BCUT2D eigenvalue weighted by atomic mass is 10.1. The van der Waals surface area contributed by atoms with Crippen molar-refractivity contribution in [3.05, 3.63) is 46.9 Å². The fourth-order valence-corrected chi connectivity index (χ4v) is 2.68. The number of likely N-dealkylation sites (N-methyl/N-ethyl adjacent to an activating group) is 1. The Kier molecular flexibility index (Phi) is 3.04. The Morgan fingerprint density at radius 2 is 2.33 bits per heavy atom. The van der Waals surface area contributed by atoms with E-state index in [-0.39, 0.29) is 6.04 Å². The van der Waals surface area contributed by atoms with Crippen LogP contribution in [0.25, 0.3) is 5.52 Å². The van der Waals surface area contributed by atoms with Crippen molar-refractivity contribution < 1.29 is 0 Å². The lowest BCUT2D eigenvalue weighted by Crippen LogP contribution is -2.18. The van der Waals surface area contributed by atoms with Crippen LogP contribution in [-0.4, -0.2) is 26.6 Å². The van der Waals surface area contributed by atoms with Gasteiger partial charge in [-0.15, -0.1) is 11.3 Å². The number of hydrogen-bond donors (Lipinski definition) is 1. The molecule has 0 aliphatic heterocycles. The standard InChI is InChI=1S/C12H13N5S/c1-13-10(6-12-15-3-5-18-12)9-7-16-17-4-2-14-8-11(9)17/h2-5,7-8,10,13H,6H2,1H3. The minimum Gasteiger partial charge on any atom is -0.313 e. The zero-order chi connectivity index (χ0) is 12.4. The topological polar surface area (TPSA) is 55.1 Å². The molecule has 0 saturated carbocycles. The Morgan fingerprint density at radius 1 is 1.39 bits per heavy atom. The van der Waals surface area contributed by atoms with Crippen molar-refractivity contribution in [2.75, 3.05) is 7.05 Å². The summed E-state index contributed by atoms with van der Waals surface area (Å²) in [5, 5.41) is 10.8. The molecule has 0 aromatic carbocycles. The van der Waals surface area contributed by atoms with Crippen molar-refractivity contribution in [2.24, 2.45) is 0 Å². The van der Waals surface area contributed by atoms with Crippen LogP contribution >= 0.6 is 11.3 Å². The summed E-state index contributed by atoms with van der Waals surface area (Å²) < 4.78 is 1.84. The molecule has 0 aliphatic carbocycles. The molecule has 3 rings (SSSR count). The molecular weight excluding hydrogens is 246 g/mol. The zero-order valence-corrected chi connectivity index (χ0v) is 10.8. The van der Waals surface area contributed by atoms with E-state index in [1.807, 2.05) is 41.7 Å². The Balaban J connectivity index is 1.96. The molecule has 1 unspecified atom stereocenters. The van der Waals surface area contributed by atoms with Gasteiger partial charge in [0.2, 0.25) is 0 Å². The third kappa shape index (κ3) is 2.00. The van der Waals surface area contributed by atoms with E-state index < -0.39 is 0 Å². The van der Waals surface area contributed by atoms with Crippen molar-refractivity contribution in [3.8, 4) is 0 Å². The lowest BCUT2D eigenvalue weighted by Gasteiger charge is -2.13. The second kappa shape index (κ2) is 4.83. The second-order valence-electron chi connectivity index (χ2n) is 3.98. The van der Waals surface area contributed by atoms with Crippen LogP contribution in [0.1, 0.15) is 16.6 Å². The van der Waals surface area contributed by atoms with Gasteiger partial charge in [-0.25, -0.2) is 9.50 Å². The molecule has 92 valence electrons. The lowest BCUT2D eigenvalue weighted by molar-refractivity contribution is 0.594. The van der Waals surface area contributed by atoms with Gasteiger partial charge in [-0.05, 0) is 7.05 Å². The first-order chi connectivity index (χ1) is 8.88. The van der Waals surface area contributed by atoms with E-state index in [2.05, 4.69) is 20.4 Å². The first-order valence-corrected chi connectivity index (χ1v) is 6.59. The molecule has 0 fully saturated rings. The van der Waals surface area contributed by atoms with Crippen LogP contribution in [0.15, 0.2) is 36.4 Å². The predicted molar refractivity (Wildman–Crippen MR) is 70.6 cm³/mol. The summed E-state index contributed by atoms with van der Waals surface area (Å²) in [4.78, 5) is 8.49. The maximum absolute atomic E-state index is 4.34. The summed E-state index contributed by atoms with van der Waals surface area (Å²) >= 11 is 1.68. The van der Waals surface area contributed by atoms with Gasteiger partial charge >= 0.3 is 0 Å². The van der Waals surface area contributed by atoms with Gasteiger partial charge in [0, 0.05) is 42.0 Å². The molecule has 0 bridgehead atoms. The number of nitrogens with one attached hydrogen (secondary N) is 1. The summed E-state index contributed by atoms with van der Waals surface area (Å²) in [6, 6.07) is 0.206. The molecule has 18 heavy (non-hydrogen) atoms. The van der Waals surface area contributed by atoms with Crippen LogP contribution in [0.5, 0.6) is 0 Å². The highest BCUT2D eigenvalue weighted by molar-refractivity contribution is 7.09. The monoisotopic (exact) mass is 259 g/mol. The van der Waals surface area contributed by atoms with E-state index in [0.717, 1.165) is 22.5 Å². The fourth-order valence-electron chi connectivity index (χ4n) is 2.02. The van der Waals surface area contributed by atoms with Gasteiger partial charge in [0.15, 0.2) is 0 Å². The zero-order valence-electron chi connectivity index (χ0n) is 9.95. The van der Waals surface area contributed by atoms with Gasteiger partial charge in [-0.1, -0.05) is 0 Å². The minimum atomic E-state index is 0.206. The van der Waals surface area contributed by atoms with E-state index >= 15 is 0 Å². The summed E-state index contributed by atoms with van der Waals surface area (Å²) in [5.41, 5.74) is 2.19. The van der Waals surface area contributed by atoms with Gasteiger partial charge in [-0.3, -0.25) is 4.98 Å². The van der Waals surface area contributed by atoms with Gasteiger partial charge in [0.25, 0.3) is 0 Å². The average Bonchev–Trinajstić information content (AvgIpc) is 3.05. The predicted octanol–water partition coefficient (Wildman–Crippen LogP) is 1.69. The van der Waals surface area contributed by atoms with E-state index in [1.54, 1.807) is 17.5 Å². The van der Waals surface area contributed by atoms with Crippen LogP contribution in [0.2, 0.25) is 0 Å². The van der Waals surface area contributed by atoms with E-state index in [9.17, 15) is 0 Å². The molecule has 3 aromatic rings. The van der Waals surface area contributed by atoms with Gasteiger partial charge in [0.05, 0.1) is 22.9 Å². The van der Waals surface area contributed by atoms with Gasteiger partial charge < -0.3 is 5.32 Å². The molecule has 0 aliphatic rings. The number of hydrogen-bond acceptors (Lipinski definition) is 5. The largest absolute Gasteiger partial charge is 0.313 e. The van der Waals surface area contributed by atoms with Crippen LogP contribution in [0, 0.1) is 0 Å². The van der Waals surface area contributed by atoms with Crippen LogP contribution in [0.3, 0.4) is 0 Å². The molecule has 0 saturated heterocycles. The number of thiazole rings is 1. The maximum atomic E-state index is 4.34. The quantitative estimate of drug-likeness (QED) is 0.774. The summed E-state index contributed by atoms with van der Waals surface area (Å²) in [5.74, 6) is 0. The Morgan fingerprint density at radius 3 is 3.11 bits per heavy atom. The number of aromatic nitrogens is 4. The number of fused-ring (bicyclic) bond motifs is 1. The van der Waals surface area contributed by atoms with Crippen LogP contribution < -0.4 is 5.32 Å². The summed E-state index contributed by atoms with van der Waals surface area (Å²) in [6.07, 6.45) is 10.0. The first-order valence-electron chi connectivity index (χ1n) is 5.71. The van der Waals surface area contributed by atoms with Crippen LogP contribution in [0.4, 0.5) is 0 Å². The molecular formula is C12H13N5S. The van der Waals surface area contributed by atoms with Crippen molar-refractivity contribution in [2.45, 2.75) is 12.5 Å².